The van der Waals surface area contributed by atoms with E-state index in [9.17, 15) is 0 Å². The normalized spacial score (nSPS) is 34.0. The highest BCUT2D eigenvalue weighted by molar-refractivity contribution is 5.12. The molecular weight excluding hydrogens is 180 g/mol. The topological polar surface area (TPSA) is 0 Å². The molecule has 1 saturated carbocycles. The Morgan fingerprint density at radius 1 is 0.867 bits per heavy atom. The van der Waals surface area contributed by atoms with Gasteiger partial charge in [-0.1, -0.05) is 62.3 Å². The largest absolute Gasteiger partial charge is 0.0625 e. The molecule has 0 aromatic rings. The fourth-order valence-corrected chi connectivity index (χ4v) is 6.13. The van der Waals surface area contributed by atoms with Crippen LogP contribution in [0.2, 0.25) is 0 Å². The molecule has 1 aliphatic rings. The SMILES string of the molecule is CC(C)C1C(C)(C)C(C(C)(C)C)C1(C)C. The van der Waals surface area contributed by atoms with Crippen molar-refractivity contribution in [3.63, 3.8) is 0 Å². The molecule has 15 heavy (non-hydrogen) atoms. The fraction of sp³-hybridized carbons (Fsp3) is 1.00. The first-order chi connectivity index (χ1) is 6.43. The number of rotatable bonds is 1. The van der Waals surface area contributed by atoms with Crippen molar-refractivity contribution in [2.24, 2.45) is 34.0 Å². The summed E-state index contributed by atoms with van der Waals surface area (Å²) in [7, 11) is 0. The van der Waals surface area contributed by atoms with Crippen molar-refractivity contribution in [3.8, 4) is 0 Å². The van der Waals surface area contributed by atoms with E-state index in [2.05, 4.69) is 62.3 Å². The van der Waals surface area contributed by atoms with Gasteiger partial charge in [0, 0.05) is 0 Å². The van der Waals surface area contributed by atoms with Crippen molar-refractivity contribution in [2.75, 3.05) is 0 Å². The lowest BCUT2D eigenvalue weighted by molar-refractivity contribution is -0.224. The van der Waals surface area contributed by atoms with E-state index in [1.54, 1.807) is 0 Å². The van der Waals surface area contributed by atoms with Gasteiger partial charge < -0.3 is 0 Å². The first-order valence-electron chi connectivity index (χ1n) is 6.43. The van der Waals surface area contributed by atoms with E-state index in [0.717, 1.165) is 17.8 Å². The van der Waals surface area contributed by atoms with Crippen LogP contribution in [0.4, 0.5) is 0 Å². The highest BCUT2D eigenvalue weighted by atomic mass is 14.7. The average Bonchev–Trinajstić information content (AvgIpc) is 1.73. The predicted octanol–water partition coefficient (Wildman–Crippen LogP) is 4.99. The molecule has 0 unspecified atom stereocenters. The van der Waals surface area contributed by atoms with Crippen LogP contribution in [0.25, 0.3) is 0 Å². The van der Waals surface area contributed by atoms with Crippen LogP contribution in [0.3, 0.4) is 0 Å². The van der Waals surface area contributed by atoms with Gasteiger partial charge in [0.15, 0.2) is 0 Å². The summed E-state index contributed by atoms with van der Waals surface area (Å²) in [6.45, 7) is 21.8. The average molecular weight is 210 g/mol. The van der Waals surface area contributed by atoms with Gasteiger partial charge in [-0.3, -0.25) is 0 Å². The Morgan fingerprint density at radius 3 is 1.40 bits per heavy atom. The van der Waals surface area contributed by atoms with Crippen LogP contribution in [0.5, 0.6) is 0 Å². The van der Waals surface area contributed by atoms with Gasteiger partial charge in [-0.2, -0.15) is 0 Å². The molecule has 0 spiro atoms. The maximum absolute atomic E-state index is 2.47. The van der Waals surface area contributed by atoms with E-state index >= 15 is 0 Å². The summed E-state index contributed by atoms with van der Waals surface area (Å²) >= 11 is 0. The molecule has 0 nitrogen and oxygen atoms in total. The van der Waals surface area contributed by atoms with Crippen LogP contribution in [0, 0.1) is 34.0 Å². The van der Waals surface area contributed by atoms with Crippen molar-refractivity contribution < 1.29 is 0 Å². The second kappa shape index (κ2) is 3.25. The molecular formula is C15H30. The summed E-state index contributed by atoms with van der Waals surface area (Å²) in [6, 6.07) is 0. The Labute approximate surface area is 96.8 Å². The summed E-state index contributed by atoms with van der Waals surface area (Å²) in [4.78, 5) is 0. The second-order valence-corrected chi connectivity index (χ2v) is 8.16. The first kappa shape index (κ1) is 13.1. The van der Waals surface area contributed by atoms with Crippen LogP contribution < -0.4 is 0 Å². The maximum Gasteiger partial charge on any atom is -0.0257 e. The van der Waals surface area contributed by atoms with E-state index in [1.165, 1.54) is 0 Å². The van der Waals surface area contributed by atoms with Crippen LogP contribution in [-0.2, 0) is 0 Å². The lowest BCUT2D eigenvalue weighted by atomic mass is 9.34. The lowest BCUT2D eigenvalue weighted by Crippen LogP contribution is -2.65. The molecule has 0 aliphatic heterocycles. The van der Waals surface area contributed by atoms with E-state index in [0.29, 0.717) is 16.2 Å². The van der Waals surface area contributed by atoms with Crippen LogP contribution in [0.15, 0.2) is 0 Å². The maximum atomic E-state index is 2.47. The van der Waals surface area contributed by atoms with Crippen LogP contribution in [-0.4, -0.2) is 0 Å². The monoisotopic (exact) mass is 210 g/mol. The summed E-state index contributed by atoms with van der Waals surface area (Å²) in [5.41, 5.74) is 1.42. The molecule has 0 amide bonds. The van der Waals surface area contributed by atoms with Gasteiger partial charge in [0.05, 0.1) is 0 Å². The van der Waals surface area contributed by atoms with Gasteiger partial charge >= 0.3 is 0 Å². The molecule has 0 radical (unpaired) electrons. The highest BCUT2D eigenvalue weighted by Gasteiger charge is 2.64. The van der Waals surface area contributed by atoms with Crippen LogP contribution in [0.1, 0.15) is 62.3 Å². The van der Waals surface area contributed by atoms with E-state index in [4.69, 9.17) is 0 Å². The van der Waals surface area contributed by atoms with Crippen molar-refractivity contribution in [2.45, 2.75) is 62.3 Å². The standard InChI is InChI=1S/C15H30/c1-10(2)11-14(6,7)12(13(3,4)5)15(11,8)9/h10-12H,1-9H3. The van der Waals surface area contributed by atoms with Gasteiger partial charge in [0.2, 0.25) is 0 Å². The Hall–Kier alpha value is 0. The highest BCUT2D eigenvalue weighted by Crippen LogP contribution is 2.70. The Kier molecular flexibility index (Phi) is 2.83. The van der Waals surface area contributed by atoms with Crippen molar-refractivity contribution in [1.29, 1.82) is 0 Å². The second-order valence-electron chi connectivity index (χ2n) is 8.16. The van der Waals surface area contributed by atoms with E-state index < -0.39 is 0 Å². The van der Waals surface area contributed by atoms with Gasteiger partial charge in [-0.05, 0) is 34.0 Å². The molecule has 0 saturated heterocycles. The quantitative estimate of drug-likeness (QED) is 0.572. The zero-order valence-electron chi connectivity index (χ0n) is 12.2. The first-order valence-corrected chi connectivity index (χ1v) is 6.43. The van der Waals surface area contributed by atoms with E-state index in [-0.39, 0.29) is 0 Å². The molecule has 1 aliphatic carbocycles. The minimum absolute atomic E-state index is 0.429. The third-order valence-electron chi connectivity index (χ3n) is 4.62. The van der Waals surface area contributed by atoms with Crippen molar-refractivity contribution in [1.82, 2.24) is 0 Å². The molecule has 0 N–H and O–H groups in total. The third-order valence-corrected chi connectivity index (χ3v) is 4.62. The molecule has 1 fully saturated rings. The van der Waals surface area contributed by atoms with Crippen LogP contribution >= 0.6 is 0 Å². The minimum Gasteiger partial charge on any atom is -0.0625 e. The molecule has 0 aromatic heterocycles. The predicted molar refractivity (Wildman–Crippen MR) is 68.8 cm³/mol. The number of hydrogen-bond donors (Lipinski definition) is 0. The Balaban J connectivity index is 3.05. The fourth-order valence-electron chi connectivity index (χ4n) is 6.13. The molecule has 0 heterocycles. The van der Waals surface area contributed by atoms with Gasteiger partial charge in [-0.15, -0.1) is 0 Å². The number of hydrogen-bond acceptors (Lipinski definition) is 0. The summed E-state index contributed by atoms with van der Waals surface area (Å²) in [5.74, 6) is 2.48. The van der Waals surface area contributed by atoms with E-state index in [1.807, 2.05) is 0 Å². The van der Waals surface area contributed by atoms with Crippen molar-refractivity contribution in [3.05, 3.63) is 0 Å². The zero-order valence-corrected chi connectivity index (χ0v) is 12.2. The van der Waals surface area contributed by atoms with Gasteiger partial charge in [-0.25, -0.2) is 0 Å². The van der Waals surface area contributed by atoms with Gasteiger partial charge in [0.25, 0.3) is 0 Å². The van der Waals surface area contributed by atoms with Gasteiger partial charge in [0.1, 0.15) is 0 Å². The molecule has 1 rings (SSSR count). The summed E-state index contributed by atoms with van der Waals surface area (Å²) in [6.07, 6.45) is 0. The van der Waals surface area contributed by atoms with Crippen molar-refractivity contribution >= 4 is 0 Å². The summed E-state index contributed by atoms with van der Waals surface area (Å²) in [5, 5.41) is 0. The molecule has 0 atom stereocenters. The zero-order chi connectivity index (χ0) is 12.2. The Bertz CT molecular complexity index is 221. The molecule has 0 aromatic carbocycles. The molecule has 0 bridgehead atoms. The summed E-state index contributed by atoms with van der Waals surface area (Å²) < 4.78 is 0. The lowest BCUT2D eigenvalue weighted by Gasteiger charge is -2.70. The Morgan fingerprint density at radius 2 is 1.20 bits per heavy atom. The third kappa shape index (κ3) is 1.74. The smallest absolute Gasteiger partial charge is 0.0257 e. The molecule has 90 valence electrons. The minimum atomic E-state index is 0.429. The molecule has 0 heteroatoms.